The van der Waals surface area contributed by atoms with Crippen LogP contribution in [0.25, 0.3) is 16.6 Å². The van der Waals surface area contributed by atoms with E-state index < -0.39 is 0 Å². The first kappa shape index (κ1) is 11.0. The Bertz CT molecular complexity index is 585. The molecule has 0 saturated heterocycles. The van der Waals surface area contributed by atoms with Gasteiger partial charge in [0.05, 0.1) is 0 Å². The Morgan fingerprint density at radius 2 is 2.35 bits per heavy atom. The minimum absolute atomic E-state index is 0.961. The van der Waals surface area contributed by atoms with Crippen molar-refractivity contribution in [2.45, 2.75) is 6.42 Å². The number of likely N-dealkylation sites (N-methyl/N-ethyl adjacent to an activating group) is 1. The van der Waals surface area contributed by atoms with E-state index in [1.165, 1.54) is 16.5 Å². The molecule has 2 aromatic heterocycles. The predicted molar refractivity (Wildman–Crippen MR) is 73.9 cm³/mol. The second-order valence-corrected chi connectivity index (χ2v) is 5.41. The van der Waals surface area contributed by atoms with E-state index in [-0.39, 0.29) is 0 Å². The van der Waals surface area contributed by atoms with Crippen molar-refractivity contribution in [3.05, 3.63) is 34.6 Å². The number of hydrogen-bond donors (Lipinski definition) is 1. The first-order valence-electron chi connectivity index (χ1n) is 5.74. The Morgan fingerprint density at radius 1 is 1.47 bits per heavy atom. The minimum atomic E-state index is 0.961. The van der Waals surface area contributed by atoms with Crippen molar-refractivity contribution in [2.24, 2.45) is 0 Å². The summed E-state index contributed by atoms with van der Waals surface area (Å²) in [7, 11) is 2.15. The lowest BCUT2D eigenvalue weighted by atomic mass is 10.00. The number of hydrogen-bond acceptors (Lipinski definition) is 2. The van der Waals surface area contributed by atoms with Gasteiger partial charge in [0.15, 0.2) is 0 Å². The summed E-state index contributed by atoms with van der Waals surface area (Å²) in [5.41, 5.74) is 3.68. The van der Waals surface area contributed by atoms with Gasteiger partial charge in [0, 0.05) is 40.9 Å². The zero-order valence-electron chi connectivity index (χ0n) is 9.70. The summed E-state index contributed by atoms with van der Waals surface area (Å²) >= 11 is 3.48. The monoisotopic (exact) mass is 291 g/mol. The number of fused-ring (bicyclic) bond motifs is 1. The molecular weight excluding hydrogens is 278 g/mol. The van der Waals surface area contributed by atoms with Crippen LogP contribution >= 0.6 is 15.9 Å². The average Bonchev–Trinajstić information content (AvgIpc) is 2.73. The maximum absolute atomic E-state index is 4.37. The fourth-order valence-electron chi connectivity index (χ4n) is 2.26. The summed E-state index contributed by atoms with van der Waals surface area (Å²) in [6.45, 7) is 2.16. The minimum Gasteiger partial charge on any atom is -0.346 e. The third-order valence-corrected chi connectivity index (χ3v) is 3.69. The molecule has 0 spiro atoms. The number of H-pyrrole nitrogens is 1. The van der Waals surface area contributed by atoms with Crippen LogP contribution in [-0.2, 0) is 0 Å². The van der Waals surface area contributed by atoms with Crippen LogP contribution in [-0.4, -0.2) is 35.0 Å². The SMILES string of the molecule is CN1CC=C(c2c[nH]c3ncc(Br)cc23)CC1. The quantitative estimate of drug-likeness (QED) is 0.876. The van der Waals surface area contributed by atoms with Crippen LogP contribution in [0.3, 0.4) is 0 Å². The Kier molecular flexibility index (Phi) is 2.76. The Labute approximate surface area is 109 Å². The van der Waals surface area contributed by atoms with Gasteiger partial charge >= 0.3 is 0 Å². The predicted octanol–water partition coefficient (Wildman–Crippen LogP) is 3.04. The van der Waals surface area contributed by atoms with E-state index in [9.17, 15) is 0 Å². The highest BCUT2D eigenvalue weighted by molar-refractivity contribution is 9.10. The largest absolute Gasteiger partial charge is 0.346 e. The van der Waals surface area contributed by atoms with Gasteiger partial charge in [-0.3, -0.25) is 0 Å². The second-order valence-electron chi connectivity index (χ2n) is 4.49. The standard InChI is InChI=1S/C13H14BrN3/c1-17-4-2-9(3-5-17)12-8-16-13-11(12)6-10(14)7-15-13/h2,6-8H,3-5H2,1H3,(H,15,16). The number of nitrogens with one attached hydrogen (secondary N) is 1. The number of pyridine rings is 1. The van der Waals surface area contributed by atoms with Crippen molar-refractivity contribution < 1.29 is 0 Å². The molecule has 0 aliphatic carbocycles. The molecule has 2 aromatic rings. The molecule has 0 fully saturated rings. The lowest BCUT2D eigenvalue weighted by Gasteiger charge is -2.21. The van der Waals surface area contributed by atoms with Gasteiger partial charge in [-0.15, -0.1) is 0 Å². The number of aromatic amines is 1. The van der Waals surface area contributed by atoms with Gasteiger partial charge in [0.25, 0.3) is 0 Å². The molecule has 3 heterocycles. The van der Waals surface area contributed by atoms with Crippen molar-refractivity contribution >= 4 is 32.5 Å². The van der Waals surface area contributed by atoms with Crippen molar-refractivity contribution in [3.8, 4) is 0 Å². The molecule has 0 bridgehead atoms. The van der Waals surface area contributed by atoms with Crippen LogP contribution in [0.5, 0.6) is 0 Å². The number of halogens is 1. The van der Waals surface area contributed by atoms with E-state index in [0.717, 1.165) is 29.6 Å². The van der Waals surface area contributed by atoms with Crippen molar-refractivity contribution in [1.29, 1.82) is 0 Å². The average molecular weight is 292 g/mol. The zero-order chi connectivity index (χ0) is 11.8. The highest BCUT2D eigenvalue weighted by Gasteiger charge is 2.13. The molecule has 1 aliphatic rings. The second kappa shape index (κ2) is 4.27. The molecule has 3 rings (SSSR count). The summed E-state index contributed by atoms with van der Waals surface area (Å²) in [5.74, 6) is 0. The maximum Gasteiger partial charge on any atom is 0.137 e. The van der Waals surface area contributed by atoms with Gasteiger partial charge < -0.3 is 9.88 Å². The first-order chi connectivity index (χ1) is 8.24. The number of aromatic nitrogens is 2. The first-order valence-corrected chi connectivity index (χ1v) is 6.54. The molecule has 0 aromatic carbocycles. The van der Waals surface area contributed by atoms with Crippen LogP contribution in [0.2, 0.25) is 0 Å². The third kappa shape index (κ3) is 2.03. The summed E-state index contributed by atoms with van der Waals surface area (Å²) < 4.78 is 1.03. The highest BCUT2D eigenvalue weighted by Crippen LogP contribution is 2.29. The van der Waals surface area contributed by atoms with Crippen LogP contribution in [0.15, 0.2) is 29.0 Å². The van der Waals surface area contributed by atoms with Gasteiger partial charge in [-0.1, -0.05) is 6.08 Å². The Hall–Kier alpha value is -1.13. The number of nitrogens with zero attached hydrogens (tertiary/aromatic N) is 2. The molecule has 0 radical (unpaired) electrons. The third-order valence-electron chi connectivity index (χ3n) is 3.26. The molecule has 0 amide bonds. The fourth-order valence-corrected chi connectivity index (χ4v) is 2.59. The molecule has 4 heteroatoms. The highest BCUT2D eigenvalue weighted by atomic mass is 79.9. The molecule has 0 unspecified atom stereocenters. The van der Waals surface area contributed by atoms with E-state index in [1.54, 1.807) is 0 Å². The molecular formula is C13H14BrN3. The Morgan fingerprint density at radius 3 is 3.12 bits per heavy atom. The molecule has 1 N–H and O–H groups in total. The van der Waals surface area contributed by atoms with Crippen molar-refractivity contribution in [2.75, 3.05) is 20.1 Å². The molecule has 17 heavy (non-hydrogen) atoms. The normalized spacial score (nSPS) is 17.4. The van der Waals surface area contributed by atoms with Crippen molar-refractivity contribution in [3.63, 3.8) is 0 Å². The lowest BCUT2D eigenvalue weighted by molar-refractivity contribution is 0.370. The van der Waals surface area contributed by atoms with Crippen LogP contribution in [0, 0.1) is 0 Å². The van der Waals surface area contributed by atoms with Gasteiger partial charge in [-0.2, -0.15) is 0 Å². The fraction of sp³-hybridized carbons (Fsp3) is 0.308. The molecule has 1 aliphatic heterocycles. The van der Waals surface area contributed by atoms with E-state index in [0.29, 0.717) is 0 Å². The van der Waals surface area contributed by atoms with E-state index in [1.807, 2.05) is 6.20 Å². The number of rotatable bonds is 1. The van der Waals surface area contributed by atoms with Gasteiger partial charge in [-0.05, 0) is 41.0 Å². The summed E-state index contributed by atoms with van der Waals surface area (Å²) in [6, 6.07) is 2.13. The summed E-state index contributed by atoms with van der Waals surface area (Å²) in [5, 5.41) is 1.20. The molecule has 0 saturated carbocycles. The maximum atomic E-state index is 4.37. The van der Waals surface area contributed by atoms with E-state index >= 15 is 0 Å². The van der Waals surface area contributed by atoms with Gasteiger partial charge in [-0.25, -0.2) is 4.98 Å². The molecule has 0 atom stereocenters. The molecule has 88 valence electrons. The van der Waals surface area contributed by atoms with Gasteiger partial charge in [0.1, 0.15) is 5.65 Å². The van der Waals surface area contributed by atoms with E-state index in [2.05, 4.69) is 56.2 Å². The lowest BCUT2D eigenvalue weighted by Crippen LogP contribution is -2.23. The van der Waals surface area contributed by atoms with Crippen molar-refractivity contribution in [1.82, 2.24) is 14.9 Å². The van der Waals surface area contributed by atoms with E-state index in [4.69, 9.17) is 0 Å². The zero-order valence-corrected chi connectivity index (χ0v) is 11.3. The van der Waals surface area contributed by atoms with Crippen LogP contribution < -0.4 is 0 Å². The summed E-state index contributed by atoms with van der Waals surface area (Å²) in [4.78, 5) is 9.93. The summed E-state index contributed by atoms with van der Waals surface area (Å²) in [6.07, 6.45) is 7.32. The molecule has 3 nitrogen and oxygen atoms in total. The topological polar surface area (TPSA) is 31.9 Å². The van der Waals surface area contributed by atoms with Gasteiger partial charge in [0.2, 0.25) is 0 Å². The smallest absolute Gasteiger partial charge is 0.137 e. The Balaban J connectivity index is 2.08. The van der Waals surface area contributed by atoms with Crippen LogP contribution in [0.4, 0.5) is 0 Å². The van der Waals surface area contributed by atoms with Crippen LogP contribution in [0.1, 0.15) is 12.0 Å².